The van der Waals surface area contributed by atoms with E-state index in [1.807, 2.05) is 0 Å². The summed E-state index contributed by atoms with van der Waals surface area (Å²) in [6.07, 6.45) is 3.89. The molecule has 2 rings (SSSR count). The minimum absolute atomic E-state index is 0.410. The molecular weight excluding hydrogens is 222 g/mol. The van der Waals surface area contributed by atoms with E-state index in [0.29, 0.717) is 12.1 Å². The van der Waals surface area contributed by atoms with Crippen molar-refractivity contribution in [3.63, 3.8) is 0 Å². The van der Waals surface area contributed by atoms with Crippen LogP contribution >= 0.6 is 0 Å². The normalized spacial score (nSPS) is 36.2. The van der Waals surface area contributed by atoms with E-state index in [9.17, 15) is 0 Å². The summed E-state index contributed by atoms with van der Waals surface area (Å²) in [6, 6.07) is 1.05. The number of hydrogen-bond donors (Lipinski definition) is 1. The van der Waals surface area contributed by atoms with Crippen LogP contribution in [0.3, 0.4) is 0 Å². The number of likely N-dealkylation sites (N-methyl/N-ethyl adjacent to an activating group) is 1. The number of nitrogens with two attached hydrogens (primary N) is 1. The van der Waals surface area contributed by atoms with E-state index in [2.05, 4.69) is 30.6 Å². The van der Waals surface area contributed by atoms with E-state index in [-0.39, 0.29) is 0 Å². The molecule has 0 amide bonds. The van der Waals surface area contributed by atoms with Gasteiger partial charge in [0.15, 0.2) is 0 Å². The quantitative estimate of drug-likeness (QED) is 0.832. The molecule has 0 aromatic rings. The lowest BCUT2D eigenvalue weighted by Crippen LogP contribution is -2.57. The Hall–Kier alpha value is -0.120. The Bertz CT molecular complexity index is 246. The van der Waals surface area contributed by atoms with Gasteiger partial charge in [0.25, 0.3) is 0 Å². The lowest BCUT2D eigenvalue weighted by Gasteiger charge is -2.45. The second-order valence-electron chi connectivity index (χ2n) is 6.52. The molecule has 3 unspecified atom stereocenters. The van der Waals surface area contributed by atoms with Crippen LogP contribution in [0.4, 0.5) is 0 Å². The molecular formula is C15H31N3. The monoisotopic (exact) mass is 253 g/mol. The highest BCUT2D eigenvalue weighted by Crippen LogP contribution is 2.32. The molecule has 2 aliphatic rings. The number of nitrogens with zero attached hydrogens (tertiary/aromatic N) is 2. The average Bonchev–Trinajstić information content (AvgIpc) is 2.39. The molecule has 0 spiro atoms. The minimum atomic E-state index is 0.410. The van der Waals surface area contributed by atoms with E-state index < -0.39 is 0 Å². The second-order valence-corrected chi connectivity index (χ2v) is 6.52. The molecule has 3 heteroatoms. The van der Waals surface area contributed by atoms with Gasteiger partial charge in [-0.25, -0.2) is 0 Å². The summed E-state index contributed by atoms with van der Waals surface area (Å²) < 4.78 is 0. The van der Waals surface area contributed by atoms with E-state index >= 15 is 0 Å². The molecule has 0 aromatic heterocycles. The van der Waals surface area contributed by atoms with E-state index in [1.165, 1.54) is 52.0 Å². The van der Waals surface area contributed by atoms with Gasteiger partial charge in [0, 0.05) is 38.3 Å². The maximum Gasteiger partial charge on any atom is 0.0251 e. The predicted molar refractivity (Wildman–Crippen MR) is 77.6 cm³/mol. The highest BCUT2D eigenvalue weighted by molar-refractivity contribution is 4.91. The second kappa shape index (κ2) is 6.36. The Morgan fingerprint density at radius 3 is 2.33 bits per heavy atom. The molecule has 18 heavy (non-hydrogen) atoms. The first kappa shape index (κ1) is 14.3. The van der Waals surface area contributed by atoms with Crippen LogP contribution in [0.1, 0.15) is 40.0 Å². The maximum atomic E-state index is 6.38. The molecule has 106 valence electrons. The summed E-state index contributed by atoms with van der Waals surface area (Å²) in [4.78, 5) is 5.22. The van der Waals surface area contributed by atoms with Crippen molar-refractivity contribution in [3.05, 3.63) is 0 Å². The molecule has 1 heterocycles. The lowest BCUT2D eigenvalue weighted by atomic mass is 9.76. The maximum absolute atomic E-state index is 6.38. The Balaban J connectivity index is 1.90. The molecule has 3 atom stereocenters. The Morgan fingerprint density at radius 2 is 1.78 bits per heavy atom. The largest absolute Gasteiger partial charge is 0.326 e. The van der Waals surface area contributed by atoms with Gasteiger partial charge >= 0.3 is 0 Å². The third-order valence-corrected chi connectivity index (χ3v) is 5.18. The zero-order valence-electron chi connectivity index (χ0n) is 12.4. The summed E-state index contributed by atoms with van der Waals surface area (Å²) in [5.41, 5.74) is 6.38. The summed E-state index contributed by atoms with van der Waals surface area (Å²) in [7, 11) is 0. The van der Waals surface area contributed by atoms with Gasteiger partial charge in [-0.05, 0) is 37.6 Å². The van der Waals surface area contributed by atoms with Gasteiger partial charge in [-0.2, -0.15) is 0 Å². The molecule has 2 N–H and O–H groups in total. The van der Waals surface area contributed by atoms with Crippen LogP contribution in [0, 0.1) is 11.8 Å². The summed E-state index contributed by atoms with van der Waals surface area (Å²) in [6.45, 7) is 13.1. The van der Waals surface area contributed by atoms with Crippen LogP contribution in [0.15, 0.2) is 0 Å². The zero-order valence-corrected chi connectivity index (χ0v) is 12.4. The standard InChI is InChI=1S/C15H31N3/c1-4-17-7-9-18(10-8-17)15-11-13(12(2)3)5-6-14(15)16/h12-15H,4-11,16H2,1-3H3. The predicted octanol–water partition coefficient (Wildman–Crippen LogP) is 1.78. The van der Waals surface area contributed by atoms with Crippen molar-refractivity contribution in [1.29, 1.82) is 0 Å². The molecule has 0 bridgehead atoms. The fraction of sp³-hybridized carbons (Fsp3) is 1.00. The molecule has 1 aliphatic heterocycles. The first-order chi connectivity index (χ1) is 8.61. The molecule has 0 radical (unpaired) electrons. The van der Waals surface area contributed by atoms with E-state index in [1.54, 1.807) is 0 Å². The first-order valence-corrected chi connectivity index (χ1v) is 7.83. The Kier molecular flexibility index (Phi) is 5.05. The van der Waals surface area contributed by atoms with Crippen molar-refractivity contribution in [1.82, 2.24) is 9.80 Å². The SMILES string of the molecule is CCN1CCN(C2CC(C(C)C)CCC2N)CC1. The summed E-state index contributed by atoms with van der Waals surface area (Å²) >= 11 is 0. The molecule has 2 fully saturated rings. The van der Waals surface area contributed by atoms with Crippen molar-refractivity contribution in [2.24, 2.45) is 17.6 Å². The lowest BCUT2D eigenvalue weighted by molar-refractivity contribution is 0.0509. The fourth-order valence-electron chi connectivity index (χ4n) is 3.64. The minimum Gasteiger partial charge on any atom is -0.326 e. The Labute approximate surface area is 113 Å². The topological polar surface area (TPSA) is 32.5 Å². The van der Waals surface area contributed by atoms with Gasteiger partial charge in [-0.15, -0.1) is 0 Å². The van der Waals surface area contributed by atoms with Crippen LogP contribution in [0.2, 0.25) is 0 Å². The summed E-state index contributed by atoms with van der Waals surface area (Å²) in [5, 5.41) is 0. The van der Waals surface area contributed by atoms with E-state index in [4.69, 9.17) is 5.73 Å². The summed E-state index contributed by atoms with van der Waals surface area (Å²) in [5.74, 6) is 1.70. The first-order valence-electron chi connectivity index (χ1n) is 7.83. The van der Waals surface area contributed by atoms with Gasteiger partial charge in [0.05, 0.1) is 0 Å². The van der Waals surface area contributed by atoms with Gasteiger partial charge < -0.3 is 10.6 Å². The molecule has 1 aliphatic carbocycles. The fourth-order valence-corrected chi connectivity index (χ4v) is 3.64. The van der Waals surface area contributed by atoms with Crippen molar-refractivity contribution < 1.29 is 0 Å². The third kappa shape index (κ3) is 3.25. The number of rotatable bonds is 3. The van der Waals surface area contributed by atoms with Crippen LogP contribution in [0.5, 0.6) is 0 Å². The number of hydrogen-bond acceptors (Lipinski definition) is 3. The van der Waals surface area contributed by atoms with Crippen LogP contribution in [0.25, 0.3) is 0 Å². The van der Waals surface area contributed by atoms with Gasteiger partial charge in [0.2, 0.25) is 0 Å². The van der Waals surface area contributed by atoms with Crippen LogP contribution < -0.4 is 5.73 Å². The number of piperazine rings is 1. The van der Waals surface area contributed by atoms with Gasteiger partial charge in [-0.1, -0.05) is 20.8 Å². The smallest absolute Gasteiger partial charge is 0.0251 e. The Morgan fingerprint density at radius 1 is 1.11 bits per heavy atom. The highest BCUT2D eigenvalue weighted by Gasteiger charge is 2.34. The van der Waals surface area contributed by atoms with Crippen molar-refractivity contribution in [2.45, 2.75) is 52.1 Å². The molecule has 3 nitrogen and oxygen atoms in total. The van der Waals surface area contributed by atoms with Gasteiger partial charge in [0.1, 0.15) is 0 Å². The van der Waals surface area contributed by atoms with Crippen LogP contribution in [-0.4, -0.2) is 54.6 Å². The zero-order chi connectivity index (χ0) is 13.1. The molecule has 1 saturated carbocycles. The average molecular weight is 253 g/mol. The van der Waals surface area contributed by atoms with E-state index in [0.717, 1.165) is 11.8 Å². The van der Waals surface area contributed by atoms with Crippen molar-refractivity contribution >= 4 is 0 Å². The van der Waals surface area contributed by atoms with Gasteiger partial charge in [-0.3, -0.25) is 4.90 Å². The van der Waals surface area contributed by atoms with Crippen LogP contribution in [-0.2, 0) is 0 Å². The molecule has 1 saturated heterocycles. The third-order valence-electron chi connectivity index (χ3n) is 5.18. The highest BCUT2D eigenvalue weighted by atomic mass is 15.3. The van der Waals surface area contributed by atoms with Crippen molar-refractivity contribution in [2.75, 3.05) is 32.7 Å². The van der Waals surface area contributed by atoms with Crippen molar-refractivity contribution in [3.8, 4) is 0 Å². The molecule has 0 aromatic carbocycles.